The largest absolute Gasteiger partial charge is 0.351 e. The highest BCUT2D eigenvalue weighted by atomic mass is 35.5. The second-order valence-electron chi connectivity index (χ2n) is 4.72. The number of H-pyrrole nitrogens is 1. The van der Waals surface area contributed by atoms with Gasteiger partial charge < -0.3 is 10.3 Å². The van der Waals surface area contributed by atoms with Crippen molar-refractivity contribution in [3.8, 4) is 0 Å². The second-order valence-corrected chi connectivity index (χ2v) is 4.72. The maximum absolute atomic E-state index is 12.2. The molecular formula is C14H16ClN3O. The van der Waals surface area contributed by atoms with Gasteiger partial charge in [0.05, 0.1) is 17.4 Å². The summed E-state index contributed by atoms with van der Waals surface area (Å²) in [5.74, 6) is 0.0932. The molecule has 1 amide bonds. The fourth-order valence-corrected chi connectivity index (χ4v) is 2.21. The Hall–Kier alpha value is -1.81. The van der Waals surface area contributed by atoms with Crippen molar-refractivity contribution in [1.82, 2.24) is 15.3 Å². The summed E-state index contributed by atoms with van der Waals surface area (Å²) in [5.41, 5.74) is 1.69. The Balaban J connectivity index is 0.00000133. The summed E-state index contributed by atoms with van der Waals surface area (Å²) in [6.07, 6.45) is 5.17. The highest BCUT2D eigenvalue weighted by Gasteiger charge is 2.52. The van der Waals surface area contributed by atoms with E-state index in [1.54, 1.807) is 12.5 Å². The van der Waals surface area contributed by atoms with E-state index in [1.165, 1.54) is 0 Å². The summed E-state index contributed by atoms with van der Waals surface area (Å²) >= 11 is 0. The van der Waals surface area contributed by atoms with E-state index in [9.17, 15) is 4.79 Å². The molecule has 5 heteroatoms. The van der Waals surface area contributed by atoms with Crippen molar-refractivity contribution in [2.45, 2.75) is 24.8 Å². The molecule has 0 spiro atoms. The van der Waals surface area contributed by atoms with Gasteiger partial charge in [0, 0.05) is 12.7 Å². The molecule has 1 saturated carbocycles. The van der Waals surface area contributed by atoms with Gasteiger partial charge in [0.25, 0.3) is 0 Å². The lowest BCUT2D eigenvalue weighted by atomic mass is 10.0. The van der Waals surface area contributed by atoms with Crippen molar-refractivity contribution in [3.05, 3.63) is 54.1 Å². The van der Waals surface area contributed by atoms with Crippen molar-refractivity contribution in [3.63, 3.8) is 0 Å². The van der Waals surface area contributed by atoms with Crippen molar-refractivity contribution < 1.29 is 4.79 Å². The van der Waals surface area contributed by atoms with Gasteiger partial charge in [-0.2, -0.15) is 0 Å². The molecule has 1 fully saturated rings. The average Bonchev–Trinajstić information content (AvgIpc) is 3.05. The third kappa shape index (κ3) is 2.63. The first-order valence-corrected chi connectivity index (χ1v) is 6.12. The summed E-state index contributed by atoms with van der Waals surface area (Å²) in [7, 11) is 0. The van der Waals surface area contributed by atoms with E-state index in [0.29, 0.717) is 6.54 Å². The van der Waals surface area contributed by atoms with Crippen molar-refractivity contribution in [2.24, 2.45) is 0 Å². The van der Waals surface area contributed by atoms with Crippen LogP contribution in [0, 0.1) is 0 Å². The molecule has 1 aromatic carbocycles. The summed E-state index contributed by atoms with van der Waals surface area (Å²) in [5, 5.41) is 3.00. The van der Waals surface area contributed by atoms with Crippen LogP contribution in [0.2, 0.25) is 0 Å². The van der Waals surface area contributed by atoms with Gasteiger partial charge >= 0.3 is 0 Å². The predicted molar refractivity (Wildman–Crippen MR) is 75.0 cm³/mol. The molecule has 2 aromatic rings. The van der Waals surface area contributed by atoms with Gasteiger partial charge in [-0.3, -0.25) is 4.79 Å². The quantitative estimate of drug-likeness (QED) is 0.900. The fraction of sp³-hybridized carbons (Fsp3) is 0.286. The zero-order valence-electron chi connectivity index (χ0n) is 10.4. The van der Waals surface area contributed by atoms with Crippen LogP contribution in [0.25, 0.3) is 0 Å². The highest BCUT2D eigenvalue weighted by molar-refractivity contribution is 5.90. The number of rotatable bonds is 4. The van der Waals surface area contributed by atoms with E-state index in [1.807, 2.05) is 30.3 Å². The van der Waals surface area contributed by atoms with Crippen molar-refractivity contribution in [1.29, 1.82) is 0 Å². The SMILES string of the molecule is Cl.O=C(NCc1ccccc1)C1(c2cnc[nH]2)CC1. The Labute approximate surface area is 118 Å². The molecule has 100 valence electrons. The van der Waals surface area contributed by atoms with Gasteiger partial charge in [-0.15, -0.1) is 12.4 Å². The molecule has 0 aliphatic heterocycles. The van der Waals surface area contributed by atoms with Crippen LogP contribution in [0.15, 0.2) is 42.9 Å². The molecule has 3 rings (SSSR count). The van der Waals surface area contributed by atoms with Crippen LogP contribution in [-0.2, 0) is 16.8 Å². The molecule has 0 unspecified atom stereocenters. The molecule has 1 aromatic heterocycles. The minimum absolute atomic E-state index is 0. The number of aromatic nitrogens is 2. The van der Waals surface area contributed by atoms with Gasteiger partial charge in [0.2, 0.25) is 5.91 Å². The average molecular weight is 278 g/mol. The number of hydrogen-bond acceptors (Lipinski definition) is 2. The van der Waals surface area contributed by atoms with Crippen LogP contribution in [0.1, 0.15) is 24.1 Å². The first-order chi connectivity index (χ1) is 8.81. The number of halogens is 1. The molecule has 0 saturated heterocycles. The van der Waals surface area contributed by atoms with E-state index in [0.717, 1.165) is 24.1 Å². The number of imidazole rings is 1. The zero-order chi connectivity index (χ0) is 12.4. The van der Waals surface area contributed by atoms with Crippen molar-refractivity contribution >= 4 is 18.3 Å². The molecule has 4 nitrogen and oxygen atoms in total. The summed E-state index contributed by atoms with van der Waals surface area (Å²) < 4.78 is 0. The molecule has 0 radical (unpaired) electrons. The van der Waals surface area contributed by atoms with Gasteiger partial charge in [0.1, 0.15) is 0 Å². The van der Waals surface area contributed by atoms with Gasteiger partial charge in [-0.25, -0.2) is 4.98 Å². The number of carbonyl (C=O) groups excluding carboxylic acids is 1. The van der Waals surface area contributed by atoms with Crippen LogP contribution in [0.3, 0.4) is 0 Å². The highest BCUT2D eigenvalue weighted by Crippen LogP contribution is 2.47. The van der Waals surface area contributed by atoms with E-state index < -0.39 is 0 Å². The maximum Gasteiger partial charge on any atom is 0.232 e. The number of carbonyl (C=O) groups is 1. The lowest BCUT2D eigenvalue weighted by molar-refractivity contribution is -0.123. The molecule has 0 atom stereocenters. The number of benzene rings is 1. The lowest BCUT2D eigenvalue weighted by Gasteiger charge is -2.13. The Kier molecular flexibility index (Phi) is 3.90. The molecule has 19 heavy (non-hydrogen) atoms. The van der Waals surface area contributed by atoms with Gasteiger partial charge in [-0.05, 0) is 18.4 Å². The standard InChI is InChI=1S/C14H15N3O.ClH/c18-13(16-8-11-4-2-1-3-5-11)14(6-7-14)12-9-15-10-17-12;/h1-5,9-10H,6-8H2,(H,15,17)(H,16,18);1H. The molecular weight excluding hydrogens is 262 g/mol. The van der Waals surface area contributed by atoms with E-state index in [4.69, 9.17) is 0 Å². The first-order valence-electron chi connectivity index (χ1n) is 6.12. The van der Waals surface area contributed by atoms with E-state index in [-0.39, 0.29) is 23.7 Å². The van der Waals surface area contributed by atoms with E-state index >= 15 is 0 Å². The molecule has 2 N–H and O–H groups in total. The fourth-order valence-electron chi connectivity index (χ4n) is 2.21. The Morgan fingerprint density at radius 1 is 1.32 bits per heavy atom. The second kappa shape index (κ2) is 5.45. The summed E-state index contributed by atoms with van der Waals surface area (Å²) in [6.45, 7) is 0.579. The number of amides is 1. The smallest absolute Gasteiger partial charge is 0.232 e. The summed E-state index contributed by atoms with van der Waals surface area (Å²) in [6, 6.07) is 9.94. The number of aromatic amines is 1. The number of hydrogen-bond donors (Lipinski definition) is 2. The number of nitrogens with one attached hydrogen (secondary N) is 2. The third-order valence-electron chi connectivity index (χ3n) is 3.49. The maximum atomic E-state index is 12.2. The normalized spacial score (nSPS) is 15.4. The van der Waals surface area contributed by atoms with Gasteiger partial charge in [0.15, 0.2) is 0 Å². The monoisotopic (exact) mass is 277 g/mol. The minimum Gasteiger partial charge on any atom is -0.351 e. The van der Waals surface area contributed by atoms with Crippen LogP contribution in [0.4, 0.5) is 0 Å². The Morgan fingerprint density at radius 3 is 2.63 bits per heavy atom. The molecule has 1 aliphatic carbocycles. The topological polar surface area (TPSA) is 57.8 Å². The zero-order valence-corrected chi connectivity index (χ0v) is 11.2. The van der Waals surface area contributed by atoms with E-state index in [2.05, 4.69) is 15.3 Å². The molecule has 1 heterocycles. The Bertz CT molecular complexity index is 535. The summed E-state index contributed by atoms with van der Waals surface area (Å²) in [4.78, 5) is 19.3. The predicted octanol–water partition coefficient (Wildman–Crippen LogP) is 2.18. The van der Waals surface area contributed by atoms with Crippen LogP contribution in [-0.4, -0.2) is 15.9 Å². The molecule has 1 aliphatic rings. The molecule has 0 bridgehead atoms. The first kappa shape index (κ1) is 13.6. The van der Waals surface area contributed by atoms with Crippen LogP contribution >= 0.6 is 12.4 Å². The number of nitrogens with zero attached hydrogens (tertiary/aromatic N) is 1. The van der Waals surface area contributed by atoms with Crippen molar-refractivity contribution in [2.75, 3.05) is 0 Å². The third-order valence-corrected chi connectivity index (χ3v) is 3.49. The van der Waals surface area contributed by atoms with Gasteiger partial charge in [-0.1, -0.05) is 30.3 Å². The van der Waals surface area contributed by atoms with Crippen LogP contribution < -0.4 is 5.32 Å². The Morgan fingerprint density at radius 2 is 2.05 bits per heavy atom. The lowest BCUT2D eigenvalue weighted by Crippen LogP contribution is -2.34. The minimum atomic E-state index is -0.356. The van der Waals surface area contributed by atoms with Crippen LogP contribution in [0.5, 0.6) is 0 Å².